The second kappa shape index (κ2) is 4.75. The first-order valence-electron chi connectivity index (χ1n) is 5.26. The van der Waals surface area contributed by atoms with Gasteiger partial charge in [-0.2, -0.15) is 0 Å². The third-order valence-electron chi connectivity index (χ3n) is 2.59. The third-order valence-corrected chi connectivity index (χ3v) is 2.59. The van der Waals surface area contributed by atoms with Crippen molar-refractivity contribution >= 4 is 11.8 Å². The Morgan fingerprint density at radius 2 is 2.00 bits per heavy atom. The Kier molecular flexibility index (Phi) is 3.14. The van der Waals surface area contributed by atoms with Gasteiger partial charge in [0.2, 0.25) is 0 Å². The smallest absolute Gasteiger partial charge is 0.340 e. The number of methoxy groups -OCH3 is 1. The minimum Gasteiger partial charge on any atom is -0.496 e. The van der Waals surface area contributed by atoms with Crippen molar-refractivity contribution in [2.45, 2.75) is 0 Å². The average Bonchev–Trinajstić information content (AvgIpc) is 2.38. The van der Waals surface area contributed by atoms with Crippen LogP contribution >= 0.6 is 0 Å². The normalized spacial score (nSPS) is 10.1. The number of nitrogen functional groups attached to an aromatic ring is 1. The Morgan fingerprint density at radius 3 is 2.67 bits per heavy atom. The number of hydrogen-bond acceptors (Lipinski definition) is 4. The number of para-hydroxylation sites is 1. The molecule has 92 valence electrons. The number of ether oxygens (including phenoxy) is 1. The zero-order chi connectivity index (χ0) is 13.1. The van der Waals surface area contributed by atoms with Crippen molar-refractivity contribution in [3.05, 3.63) is 42.1 Å². The fourth-order valence-electron chi connectivity index (χ4n) is 1.79. The maximum absolute atomic E-state index is 11.3. The van der Waals surface area contributed by atoms with E-state index in [1.165, 1.54) is 13.3 Å². The number of carboxylic acid groups (broad SMARTS) is 1. The Labute approximate surface area is 104 Å². The summed E-state index contributed by atoms with van der Waals surface area (Å²) in [6.45, 7) is 0. The first kappa shape index (κ1) is 11.9. The predicted octanol–water partition coefficient (Wildman–Crippen LogP) is 2.04. The van der Waals surface area contributed by atoms with Crippen LogP contribution in [0.3, 0.4) is 0 Å². The lowest BCUT2D eigenvalue weighted by molar-refractivity contribution is 0.0698. The van der Waals surface area contributed by atoms with Crippen molar-refractivity contribution in [1.82, 2.24) is 4.98 Å². The summed E-state index contributed by atoms with van der Waals surface area (Å²) in [7, 11) is 1.53. The van der Waals surface area contributed by atoms with E-state index in [1.54, 1.807) is 24.3 Å². The number of aromatic nitrogens is 1. The quantitative estimate of drug-likeness (QED) is 0.862. The number of nitrogens with zero attached hydrogens (tertiary/aromatic N) is 1. The standard InChI is InChI=1S/C13H12N2O3/c1-18-10-5-3-2-4-8(10)9-6-7-15-12(14)11(9)13(16)17/h2-7H,1H3,(H2,14,15)(H,16,17). The molecule has 0 saturated carbocycles. The summed E-state index contributed by atoms with van der Waals surface area (Å²) in [5.74, 6) is -0.530. The van der Waals surface area contributed by atoms with E-state index in [-0.39, 0.29) is 11.4 Å². The Balaban J connectivity index is 2.71. The molecule has 5 heteroatoms. The lowest BCUT2D eigenvalue weighted by Crippen LogP contribution is -2.07. The van der Waals surface area contributed by atoms with Gasteiger partial charge in [0.15, 0.2) is 0 Å². The number of carboxylic acids is 1. The van der Waals surface area contributed by atoms with Crippen LogP contribution in [0, 0.1) is 0 Å². The van der Waals surface area contributed by atoms with Gasteiger partial charge in [0.1, 0.15) is 17.1 Å². The van der Waals surface area contributed by atoms with Gasteiger partial charge in [-0.1, -0.05) is 18.2 Å². The molecule has 2 rings (SSSR count). The highest BCUT2D eigenvalue weighted by Crippen LogP contribution is 2.33. The Hall–Kier alpha value is -2.56. The lowest BCUT2D eigenvalue weighted by Gasteiger charge is -2.11. The number of anilines is 1. The summed E-state index contributed by atoms with van der Waals surface area (Å²) in [5.41, 5.74) is 6.77. The van der Waals surface area contributed by atoms with Crippen molar-refractivity contribution in [3.63, 3.8) is 0 Å². The molecule has 0 unspecified atom stereocenters. The summed E-state index contributed by atoms with van der Waals surface area (Å²) in [6, 6.07) is 8.77. The zero-order valence-corrected chi connectivity index (χ0v) is 9.75. The first-order chi connectivity index (χ1) is 8.65. The number of carbonyl (C=O) groups is 1. The molecule has 0 bridgehead atoms. The molecule has 0 radical (unpaired) electrons. The van der Waals surface area contributed by atoms with Gasteiger partial charge in [0.05, 0.1) is 7.11 Å². The van der Waals surface area contributed by atoms with Crippen molar-refractivity contribution in [3.8, 4) is 16.9 Å². The average molecular weight is 244 g/mol. The van der Waals surface area contributed by atoms with Crippen LogP contribution in [-0.2, 0) is 0 Å². The minimum atomic E-state index is -1.11. The van der Waals surface area contributed by atoms with Gasteiger partial charge in [0.25, 0.3) is 0 Å². The van der Waals surface area contributed by atoms with E-state index in [0.717, 1.165) is 0 Å². The highest BCUT2D eigenvalue weighted by Gasteiger charge is 2.18. The number of pyridine rings is 1. The molecule has 5 nitrogen and oxygen atoms in total. The van der Waals surface area contributed by atoms with Crippen LogP contribution in [0.15, 0.2) is 36.5 Å². The van der Waals surface area contributed by atoms with Gasteiger partial charge < -0.3 is 15.6 Å². The second-order valence-corrected chi connectivity index (χ2v) is 3.62. The summed E-state index contributed by atoms with van der Waals surface area (Å²) in [5, 5.41) is 9.21. The number of rotatable bonds is 3. The van der Waals surface area contributed by atoms with Crippen molar-refractivity contribution in [2.75, 3.05) is 12.8 Å². The lowest BCUT2D eigenvalue weighted by atomic mass is 10.00. The molecule has 0 fully saturated rings. The molecule has 0 saturated heterocycles. The molecular formula is C13H12N2O3. The van der Waals surface area contributed by atoms with E-state index in [9.17, 15) is 9.90 Å². The summed E-state index contributed by atoms with van der Waals surface area (Å²) in [6.07, 6.45) is 1.48. The molecule has 2 aromatic rings. The molecule has 1 aromatic carbocycles. The predicted molar refractivity (Wildman–Crippen MR) is 67.6 cm³/mol. The molecule has 0 aliphatic heterocycles. The van der Waals surface area contributed by atoms with Crippen LogP contribution in [0.4, 0.5) is 5.82 Å². The molecule has 0 amide bonds. The maximum atomic E-state index is 11.3. The molecule has 0 atom stereocenters. The molecular weight excluding hydrogens is 232 g/mol. The molecule has 0 aliphatic rings. The minimum absolute atomic E-state index is 0.00842. The topological polar surface area (TPSA) is 85.4 Å². The molecule has 1 aromatic heterocycles. The zero-order valence-electron chi connectivity index (χ0n) is 9.75. The molecule has 0 aliphatic carbocycles. The SMILES string of the molecule is COc1ccccc1-c1ccnc(N)c1C(=O)O. The van der Waals surface area contributed by atoms with E-state index in [0.29, 0.717) is 16.9 Å². The Bertz CT molecular complexity index is 597. The molecule has 18 heavy (non-hydrogen) atoms. The number of hydrogen-bond donors (Lipinski definition) is 2. The van der Waals surface area contributed by atoms with Crippen LogP contribution in [0.1, 0.15) is 10.4 Å². The van der Waals surface area contributed by atoms with Gasteiger partial charge in [-0.15, -0.1) is 0 Å². The van der Waals surface area contributed by atoms with E-state index >= 15 is 0 Å². The van der Waals surface area contributed by atoms with Crippen LogP contribution in [0.2, 0.25) is 0 Å². The van der Waals surface area contributed by atoms with Gasteiger partial charge in [-0.25, -0.2) is 9.78 Å². The van der Waals surface area contributed by atoms with Crippen molar-refractivity contribution in [2.24, 2.45) is 0 Å². The van der Waals surface area contributed by atoms with Crippen LogP contribution in [0.25, 0.3) is 11.1 Å². The fraction of sp³-hybridized carbons (Fsp3) is 0.0769. The fourth-order valence-corrected chi connectivity index (χ4v) is 1.79. The molecule has 3 N–H and O–H groups in total. The van der Waals surface area contributed by atoms with Crippen LogP contribution in [0.5, 0.6) is 5.75 Å². The summed E-state index contributed by atoms with van der Waals surface area (Å²) in [4.78, 5) is 15.1. The van der Waals surface area contributed by atoms with Gasteiger partial charge in [0, 0.05) is 17.3 Å². The van der Waals surface area contributed by atoms with E-state index in [2.05, 4.69) is 4.98 Å². The number of benzene rings is 1. The summed E-state index contributed by atoms with van der Waals surface area (Å²) >= 11 is 0. The van der Waals surface area contributed by atoms with Crippen molar-refractivity contribution < 1.29 is 14.6 Å². The highest BCUT2D eigenvalue weighted by atomic mass is 16.5. The van der Waals surface area contributed by atoms with E-state index < -0.39 is 5.97 Å². The highest BCUT2D eigenvalue weighted by molar-refractivity contribution is 6.01. The monoisotopic (exact) mass is 244 g/mol. The van der Waals surface area contributed by atoms with Crippen molar-refractivity contribution in [1.29, 1.82) is 0 Å². The molecule has 1 heterocycles. The van der Waals surface area contributed by atoms with Crippen LogP contribution in [-0.4, -0.2) is 23.2 Å². The van der Waals surface area contributed by atoms with Gasteiger partial charge >= 0.3 is 5.97 Å². The number of aromatic carboxylic acids is 1. The van der Waals surface area contributed by atoms with E-state index in [4.69, 9.17) is 10.5 Å². The largest absolute Gasteiger partial charge is 0.496 e. The maximum Gasteiger partial charge on any atom is 0.340 e. The van der Waals surface area contributed by atoms with E-state index in [1.807, 2.05) is 6.07 Å². The number of nitrogens with two attached hydrogens (primary N) is 1. The Morgan fingerprint density at radius 1 is 1.28 bits per heavy atom. The summed E-state index contributed by atoms with van der Waals surface area (Å²) < 4.78 is 5.22. The van der Waals surface area contributed by atoms with Crippen LogP contribution < -0.4 is 10.5 Å². The third kappa shape index (κ3) is 1.98. The molecule has 0 spiro atoms. The van der Waals surface area contributed by atoms with Gasteiger partial charge in [-0.05, 0) is 12.1 Å². The second-order valence-electron chi connectivity index (χ2n) is 3.62. The van der Waals surface area contributed by atoms with Gasteiger partial charge in [-0.3, -0.25) is 0 Å². The first-order valence-corrected chi connectivity index (χ1v) is 5.26.